The fourth-order valence-electron chi connectivity index (χ4n) is 5.31. The van der Waals surface area contributed by atoms with Gasteiger partial charge in [-0.3, -0.25) is 9.69 Å². The number of piperazine rings is 1. The third-order valence-electron chi connectivity index (χ3n) is 7.32. The molecule has 0 unspecified atom stereocenters. The van der Waals surface area contributed by atoms with E-state index in [4.69, 9.17) is 4.74 Å². The van der Waals surface area contributed by atoms with Gasteiger partial charge in [-0.25, -0.2) is 14.5 Å². The number of benzene rings is 1. The lowest BCUT2D eigenvalue weighted by molar-refractivity contribution is -0.143. The SMILES string of the molecule is COc1ccc(-c2nc3c(C(=O)N4CCN([C@@H](CO)c5ccccc5)C[C@H]4C)cnn3c(C(F)(F)F)c2C)cn1. The first-order valence-corrected chi connectivity index (χ1v) is 12.8. The zero-order valence-electron chi connectivity index (χ0n) is 22.3. The second kappa shape index (κ2) is 10.9. The lowest BCUT2D eigenvalue weighted by Crippen LogP contribution is -2.55. The Morgan fingerprint density at radius 1 is 1.15 bits per heavy atom. The van der Waals surface area contributed by atoms with E-state index in [0.717, 1.165) is 11.8 Å². The van der Waals surface area contributed by atoms with Gasteiger partial charge in [-0.2, -0.15) is 18.3 Å². The topological polar surface area (TPSA) is 96.1 Å². The first-order valence-electron chi connectivity index (χ1n) is 12.8. The Labute approximate surface area is 228 Å². The minimum absolute atomic E-state index is 0.0183. The van der Waals surface area contributed by atoms with Crippen molar-refractivity contribution in [3.8, 4) is 17.1 Å². The molecular weight excluding hydrogens is 525 g/mol. The molecule has 1 saturated heterocycles. The van der Waals surface area contributed by atoms with Gasteiger partial charge in [0.1, 0.15) is 5.56 Å². The van der Waals surface area contributed by atoms with Crippen molar-refractivity contribution < 1.29 is 27.8 Å². The quantitative estimate of drug-likeness (QED) is 0.385. The summed E-state index contributed by atoms with van der Waals surface area (Å²) >= 11 is 0. The van der Waals surface area contributed by atoms with Crippen molar-refractivity contribution in [2.75, 3.05) is 33.4 Å². The Morgan fingerprint density at radius 3 is 2.50 bits per heavy atom. The Hall–Kier alpha value is -4.03. The number of hydrogen-bond donors (Lipinski definition) is 1. The smallest absolute Gasteiger partial charge is 0.433 e. The molecule has 0 bridgehead atoms. The zero-order valence-corrected chi connectivity index (χ0v) is 22.3. The number of rotatable bonds is 6. The molecule has 9 nitrogen and oxygen atoms in total. The average molecular weight is 555 g/mol. The van der Waals surface area contributed by atoms with Gasteiger partial charge in [0.05, 0.1) is 31.6 Å². The van der Waals surface area contributed by atoms with Crippen molar-refractivity contribution in [1.29, 1.82) is 0 Å². The third-order valence-corrected chi connectivity index (χ3v) is 7.32. The fourth-order valence-corrected chi connectivity index (χ4v) is 5.31. The van der Waals surface area contributed by atoms with Crippen molar-refractivity contribution in [2.24, 2.45) is 0 Å². The van der Waals surface area contributed by atoms with Crippen LogP contribution in [-0.4, -0.2) is 79.8 Å². The van der Waals surface area contributed by atoms with Crippen LogP contribution in [0.4, 0.5) is 13.2 Å². The van der Waals surface area contributed by atoms with Gasteiger partial charge in [0.15, 0.2) is 11.3 Å². The lowest BCUT2D eigenvalue weighted by atomic mass is 10.0. The van der Waals surface area contributed by atoms with Gasteiger partial charge in [0.2, 0.25) is 5.88 Å². The summed E-state index contributed by atoms with van der Waals surface area (Å²) in [5.41, 5.74) is 0.0383. The van der Waals surface area contributed by atoms with E-state index in [1.54, 1.807) is 11.0 Å². The van der Waals surface area contributed by atoms with E-state index in [1.807, 2.05) is 37.3 Å². The van der Waals surface area contributed by atoms with Gasteiger partial charge in [0, 0.05) is 49.1 Å². The van der Waals surface area contributed by atoms with Crippen LogP contribution in [0.2, 0.25) is 0 Å². The van der Waals surface area contributed by atoms with Crippen LogP contribution < -0.4 is 4.74 Å². The van der Waals surface area contributed by atoms with Crippen LogP contribution >= 0.6 is 0 Å². The summed E-state index contributed by atoms with van der Waals surface area (Å²) in [4.78, 5) is 26.1. The summed E-state index contributed by atoms with van der Waals surface area (Å²) in [6.07, 6.45) is -2.22. The first-order chi connectivity index (χ1) is 19.1. The van der Waals surface area contributed by atoms with Crippen molar-refractivity contribution in [1.82, 2.24) is 29.4 Å². The van der Waals surface area contributed by atoms with Crippen molar-refractivity contribution in [2.45, 2.75) is 32.1 Å². The maximum Gasteiger partial charge on any atom is 0.433 e. The molecule has 5 rings (SSSR count). The average Bonchev–Trinajstić information content (AvgIpc) is 3.36. The van der Waals surface area contributed by atoms with Crippen molar-refractivity contribution in [3.63, 3.8) is 0 Å². The molecule has 0 aliphatic carbocycles. The van der Waals surface area contributed by atoms with Gasteiger partial charge in [-0.1, -0.05) is 30.3 Å². The summed E-state index contributed by atoms with van der Waals surface area (Å²) in [5.74, 6) is -0.145. The van der Waals surface area contributed by atoms with Crippen LogP contribution in [0.3, 0.4) is 0 Å². The predicted octanol–water partition coefficient (Wildman–Crippen LogP) is 4.01. The van der Waals surface area contributed by atoms with Crippen LogP contribution in [-0.2, 0) is 6.18 Å². The predicted molar refractivity (Wildman–Crippen MR) is 141 cm³/mol. The molecule has 210 valence electrons. The summed E-state index contributed by atoms with van der Waals surface area (Å²) in [6.45, 7) is 4.41. The maximum absolute atomic E-state index is 14.3. The van der Waals surface area contributed by atoms with E-state index in [2.05, 4.69) is 20.0 Å². The van der Waals surface area contributed by atoms with Crippen LogP contribution in [0.1, 0.15) is 40.1 Å². The number of pyridine rings is 1. The molecule has 0 saturated carbocycles. The standard InChI is InChI=1S/C28H29F3N6O3/c1-17-15-35(22(16-38)19-7-5-4-6-8-19)11-12-36(17)27(39)21-14-33-37-25(28(29,30)31)18(2)24(34-26(21)37)20-9-10-23(40-3)32-13-20/h4-10,13-14,17,22,38H,11-12,15-16H2,1-3H3/t17-,22+/m1/s1. The Morgan fingerprint density at radius 2 is 1.90 bits per heavy atom. The first kappa shape index (κ1) is 27.5. The van der Waals surface area contributed by atoms with E-state index >= 15 is 0 Å². The Balaban J connectivity index is 1.49. The summed E-state index contributed by atoms with van der Waals surface area (Å²) < 4.78 is 48.6. The molecule has 0 spiro atoms. The number of nitrogens with zero attached hydrogens (tertiary/aromatic N) is 6. The molecular formula is C28H29F3N6O3. The highest BCUT2D eigenvalue weighted by Gasteiger charge is 2.39. The second-order valence-corrected chi connectivity index (χ2v) is 9.77. The molecule has 1 fully saturated rings. The normalized spacial score (nSPS) is 17.3. The van der Waals surface area contributed by atoms with Crippen LogP contribution in [0.5, 0.6) is 5.88 Å². The zero-order chi connectivity index (χ0) is 28.6. The van der Waals surface area contributed by atoms with Gasteiger partial charge >= 0.3 is 6.18 Å². The van der Waals surface area contributed by atoms with E-state index in [0.29, 0.717) is 35.6 Å². The number of methoxy groups -OCH3 is 1. The minimum atomic E-state index is -4.75. The highest BCUT2D eigenvalue weighted by molar-refractivity contribution is 6.00. The van der Waals surface area contributed by atoms with E-state index in [1.165, 1.54) is 26.3 Å². The number of carbonyl (C=O) groups excluding carboxylic acids is 1. The molecule has 12 heteroatoms. The molecule has 4 aromatic rings. The third kappa shape index (κ3) is 5.00. The number of aromatic nitrogens is 4. The number of aliphatic hydroxyl groups excluding tert-OH is 1. The van der Waals surface area contributed by atoms with Crippen molar-refractivity contribution in [3.05, 3.63) is 77.2 Å². The Bertz CT molecular complexity index is 1510. The summed E-state index contributed by atoms with van der Waals surface area (Å²) in [7, 11) is 1.44. The van der Waals surface area contributed by atoms with Crippen LogP contribution in [0.15, 0.2) is 54.9 Å². The summed E-state index contributed by atoms with van der Waals surface area (Å²) in [6, 6.07) is 12.2. The van der Waals surface area contributed by atoms with Gasteiger partial charge in [-0.05, 0) is 25.5 Å². The number of aliphatic hydroxyl groups is 1. The van der Waals surface area contributed by atoms with Crippen LogP contribution in [0, 0.1) is 6.92 Å². The molecule has 2 atom stereocenters. The highest BCUT2D eigenvalue weighted by atomic mass is 19.4. The molecule has 1 aromatic carbocycles. The van der Waals surface area contributed by atoms with E-state index in [-0.39, 0.29) is 41.2 Å². The molecule has 1 aliphatic heterocycles. The van der Waals surface area contributed by atoms with Crippen LogP contribution in [0.25, 0.3) is 16.9 Å². The number of carbonyl (C=O) groups is 1. The summed E-state index contributed by atoms with van der Waals surface area (Å²) in [5, 5.41) is 14.0. The highest BCUT2D eigenvalue weighted by Crippen LogP contribution is 2.37. The largest absolute Gasteiger partial charge is 0.481 e. The molecule has 1 amide bonds. The monoisotopic (exact) mass is 554 g/mol. The number of alkyl halides is 3. The fraction of sp³-hybridized carbons (Fsp3) is 0.357. The molecule has 1 N–H and O–H groups in total. The molecule has 40 heavy (non-hydrogen) atoms. The number of halogens is 3. The lowest BCUT2D eigenvalue weighted by Gasteiger charge is -2.43. The maximum atomic E-state index is 14.3. The number of fused-ring (bicyclic) bond motifs is 1. The minimum Gasteiger partial charge on any atom is -0.481 e. The second-order valence-electron chi connectivity index (χ2n) is 9.77. The van der Waals surface area contributed by atoms with E-state index in [9.17, 15) is 23.1 Å². The number of hydrogen-bond acceptors (Lipinski definition) is 7. The van der Waals surface area contributed by atoms with E-state index < -0.39 is 17.8 Å². The van der Waals surface area contributed by atoms with Gasteiger partial charge in [-0.15, -0.1) is 0 Å². The molecule has 4 heterocycles. The Kier molecular flexibility index (Phi) is 7.47. The van der Waals surface area contributed by atoms with Gasteiger partial charge < -0.3 is 14.7 Å². The molecule has 3 aromatic heterocycles. The number of ether oxygens (including phenoxy) is 1. The number of amides is 1. The molecule has 0 radical (unpaired) electrons. The van der Waals surface area contributed by atoms with Crippen molar-refractivity contribution >= 4 is 11.6 Å². The molecule has 1 aliphatic rings. The van der Waals surface area contributed by atoms with Gasteiger partial charge in [0.25, 0.3) is 5.91 Å².